The summed E-state index contributed by atoms with van der Waals surface area (Å²) in [5.41, 5.74) is 7.54. The van der Waals surface area contributed by atoms with Gasteiger partial charge in [0.05, 0.1) is 10.7 Å². The normalized spacial score (nSPS) is 12.4. The van der Waals surface area contributed by atoms with Crippen LogP contribution in [0, 0.1) is 5.82 Å². The maximum Gasteiger partial charge on any atom is 0.131 e. The van der Waals surface area contributed by atoms with Crippen molar-refractivity contribution >= 4 is 11.3 Å². The Morgan fingerprint density at radius 1 is 1.45 bits per heavy atom. The lowest BCUT2D eigenvalue weighted by molar-refractivity contribution is 0.295. The van der Waals surface area contributed by atoms with Gasteiger partial charge >= 0.3 is 0 Å². The highest BCUT2D eigenvalue weighted by Crippen LogP contribution is 2.26. The molecule has 0 aliphatic rings. The minimum atomic E-state index is -0.325. The zero-order valence-electron chi connectivity index (χ0n) is 11.7. The second-order valence-electron chi connectivity index (χ2n) is 4.74. The Morgan fingerprint density at radius 2 is 2.25 bits per heavy atom. The monoisotopic (exact) mass is 294 g/mol. The highest BCUT2D eigenvalue weighted by Gasteiger charge is 2.10. The van der Waals surface area contributed by atoms with Crippen LogP contribution in [-0.2, 0) is 13.0 Å². The Labute approximate surface area is 122 Å². The van der Waals surface area contributed by atoms with Crippen molar-refractivity contribution in [3.8, 4) is 5.75 Å². The van der Waals surface area contributed by atoms with Gasteiger partial charge in [-0.15, -0.1) is 11.3 Å². The zero-order valence-corrected chi connectivity index (χ0v) is 12.5. The lowest BCUT2D eigenvalue weighted by Gasteiger charge is -2.13. The highest BCUT2D eigenvalue weighted by atomic mass is 32.1. The molecule has 1 atom stereocenters. The Morgan fingerprint density at radius 3 is 2.95 bits per heavy atom. The van der Waals surface area contributed by atoms with E-state index in [1.807, 2.05) is 12.3 Å². The second-order valence-corrected chi connectivity index (χ2v) is 5.68. The van der Waals surface area contributed by atoms with Gasteiger partial charge in [0.1, 0.15) is 18.2 Å². The summed E-state index contributed by atoms with van der Waals surface area (Å²) in [6.07, 6.45) is 2.06. The third-order valence-corrected chi connectivity index (χ3v) is 3.86. The Bertz CT molecular complexity index is 569. The number of ether oxygens (including phenoxy) is 1. The van der Waals surface area contributed by atoms with Crippen molar-refractivity contribution in [1.82, 2.24) is 4.98 Å². The first-order chi connectivity index (χ1) is 9.60. The minimum absolute atomic E-state index is 0.198. The smallest absolute Gasteiger partial charge is 0.131 e. The Kier molecular flexibility index (Phi) is 5.09. The zero-order chi connectivity index (χ0) is 14.5. The predicted octanol–water partition coefficient (Wildman–Crippen LogP) is 3.83. The molecule has 1 heterocycles. The average Bonchev–Trinajstić information content (AvgIpc) is 2.84. The second kappa shape index (κ2) is 6.81. The fourth-order valence-electron chi connectivity index (χ4n) is 1.90. The van der Waals surface area contributed by atoms with Crippen LogP contribution in [0.2, 0.25) is 0 Å². The number of aromatic nitrogens is 1. The molecule has 0 radical (unpaired) electrons. The van der Waals surface area contributed by atoms with Crippen molar-refractivity contribution in [3.05, 3.63) is 45.7 Å². The maximum absolute atomic E-state index is 13.3. The molecule has 0 saturated heterocycles. The first kappa shape index (κ1) is 14.9. The van der Waals surface area contributed by atoms with E-state index in [2.05, 4.69) is 11.9 Å². The molecule has 2 N–H and O–H groups in total. The average molecular weight is 294 g/mol. The SMILES string of the molecule is CCCc1nc(COc2cc(F)ccc2C(C)N)cs1. The summed E-state index contributed by atoms with van der Waals surface area (Å²) < 4.78 is 19.0. The highest BCUT2D eigenvalue weighted by molar-refractivity contribution is 7.09. The molecule has 2 aromatic rings. The predicted molar refractivity (Wildman–Crippen MR) is 79.4 cm³/mol. The summed E-state index contributed by atoms with van der Waals surface area (Å²) in [6, 6.07) is 4.24. The number of thiazole rings is 1. The number of aryl methyl sites for hydroxylation is 1. The maximum atomic E-state index is 13.3. The lowest BCUT2D eigenvalue weighted by atomic mass is 10.1. The van der Waals surface area contributed by atoms with Gasteiger partial charge in [0.2, 0.25) is 0 Å². The fourth-order valence-corrected chi connectivity index (χ4v) is 2.79. The third kappa shape index (κ3) is 3.77. The summed E-state index contributed by atoms with van der Waals surface area (Å²) in [5.74, 6) is 0.166. The molecule has 20 heavy (non-hydrogen) atoms. The van der Waals surface area contributed by atoms with Crippen molar-refractivity contribution < 1.29 is 9.13 Å². The number of halogens is 1. The molecule has 1 aromatic heterocycles. The van der Waals surface area contributed by atoms with Gasteiger partial charge in [-0.2, -0.15) is 0 Å². The van der Waals surface area contributed by atoms with E-state index in [0.717, 1.165) is 29.1 Å². The van der Waals surface area contributed by atoms with Gasteiger partial charge in [-0.1, -0.05) is 13.0 Å². The van der Waals surface area contributed by atoms with Gasteiger partial charge in [-0.3, -0.25) is 0 Å². The van der Waals surface area contributed by atoms with Gasteiger partial charge < -0.3 is 10.5 Å². The fraction of sp³-hybridized carbons (Fsp3) is 0.400. The van der Waals surface area contributed by atoms with E-state index in [-0.39, 0.29) is 11.9 Å². The molecule has 1 aromatic carbocycles. The third-order valence-electron chi connectivity index (χ3n) is 2.90. The first-order valence-corrected chi connectivity index (χ1v) is 7.59. The lowest BCUT2D eigenvalue weighted by Crippen LogP contribution is -2.08. The van der Waals surface area contributed by atoms with E-state index in [1.54, 1.807) is 17.4 Å². The number of hydrogen-bond acceptors (Lipinski definition) is 4. The molecule has 0 spiro atoms. The molecule has 0 aliphatic carbocycles. The van der Waals surface area contributed by atoms with Crippen LogP contribution in [0.5, 0.6) is 5.75 Å². The Balaban J connectivity index is 2.07. The van der Waals surface area contributed by atoms with Gasteiger partial charge in [0.25, 0.3) is 0 Å². The molecule has 0 aliphatic heterocycles. The van der Waals surface area contributed by atoms with Crippen LogP contribution in [0.15, 0.2) is 23.6 Å². The number of nitrogens with two attached hydrogens (primary N) is 1. The van der Waals surface area contributed by atoms with Crippen LogP contribution < -0.4 is 10.5 Å². The van der Waals surface area contributed by atoms with Crippen LogP contribution in [-0.4, -0.2) is 4.98 Å². The summed E-state index contributed by atoms with van der Waals surface area (Å²) in [5, 5.41) is 3.09. The van der Waals surface area contributed by atoms with Gasteiger partial charge in [-0.05, 0) is 25.8 Å². The molecule has 1 unspecified atom stereocenters. The van der Waals surface area contributed by atoms with Crippen LogP contribution in [0.1, 0.15) is 42.6 Å². The van der Waals surface area contributed by atoms with E-state index in [1.165, 1.54) is 12.1 Å². The molecule has 5 heteroatoms. The number of benzene rings is 1. The number of nitrogens with zero attached hydrogens (tertiary/aromatic N) is 1. The minimum Gasteiger partial charge on any atom is -0.487 e. The van der Waals surface area contributed by atoms with E-state index < -0.39 is 0 Å². The quantitative estimate of drug-likeness (QED) is 0.880. The van der Waals surface area contributed by atoms with E-state index in [9.17, 15) is 4.39 Å². The molecule has 0 bridgehead atoms. The van der Waals surface area contributed by atoms with Crippen LogP contribution in [0.4, 0.5) is 4.39 Å². The van der Waals surface area contributed by atoms with Gasteiger partial charge in [0, 0.05) is 23.1 Å². The van der Waals surface area contributed by atoms with Crippen molar-refractivity contribution in [3.63, 3.8) is 0 Å². The first-order valence-electron chi connectivity index (χ1n) is 6.71. The molecule has 2 rings (SSSR count). The molecular weight excluding hydrogens is 275 g/mol. The molecule has 0 fully saturated rings. The summed E-state index contributed by atoms with van der Waals surface area (Å²) in [7, 11) is 0. The molecule has 3 nitrogen and oxygen atoms in total. The summed E-state index contributed by atoms with van der Waals surface area (Å²) in [6.45, 7) is 4.31. The summed E-state index contributed by atoms with van der Waals surface area (Å²) >= 11 is 1.63. The summed E-state index contributed by atoms with van der Waals surface area (Å²) in [4.78, 5) is 4.48. The molecular formula is C15H19FN2OS. The van der Waals surface area contributed by atoms with Crippen LogP contribution >= 0.6 is 11.3 Å². The van der Waals surface area contributed by atoms with Crippen molar-refractivity contribution in [2.45, 2.75) is 39.3 Å². The number of rotatable bonds is 6. The molecule has 0 saturated carbocycles. The molecule has 108 valence electrons. The van der Waals surface area contributed by atoms with Crippen LogP contribution in [0.25, 0.3) is 0 Å². The standard InChI is InChI=1S/C15H19FN2OS/c1-3-4-15-18-12(9-20-15)8-19-14-7-11(16)5-6-13(14)10(2)17/h5-7,9-10H,3-4,8,17H2,1-2H3. The van der Waals surface area contributed by atoms with Gasteiger partial charge in [-0.25, -0.2) is 9.37 Å². The van der Waals surface area contributed by atoms with E-state index >= 15 is 0 Å². The topological polar surface area (TPSA) is 48.1 Å². The van der Waals surface area contributed by atoms with Gasteiger partial charge in [0.15, 0.2) is 0 Å². The van der Waals surface area contributed by atoms with Crippen LogP contribution in [0.3, 0.4) is 0 Å². The van der Waals surface area contributed by atoms with Crippen molar-refractivity contribution in [2.24, 2.45) is 5.73 Å². The number of hydrogen-bond donors (Lipinski definition) is 1. The molecule has 0 amide bonds. The van der Waals surface area contributed by atoms with E-state index in [0.29, 0.717) is 12.4 Å². The van der Waals surface area contributed by atoms with Crippen molar-refractivity contribution in [2.75, 3.05) is 0 Å². The Hall–Kier alpha value is -1.46. The van der Waals surface area contributed by atoms with E-state index in [4.69, 9.17) is 10.5 Å². The largest absolute Gasteiger partial charge is 0.487 e. The van der Waals surface area contributed by atoms with Crippen molar-refractivity contribution in [1.29, 1.82) is 0 Å².